The third-order valence-electron chi connectivity index (χ3n) is 3.95. The number of aromatic nitrogens is 2. The van der Waals surface area contributed by atoms with Crippen molar-refractivity contribution in [3.05, 3.63) is 46.7 Å². The molecular weight excluding hydrogens is 410 g/mol. The molecular formula is C20H21N3O6S. The molecule has 0 aliphatic rings. The summed E-state index contributed by atoms with van der Waals surface area (Å²) in [4.78, 5) is 41.3. The Morgan fingerprint density at radius 3 is 2.63 bits per heavy atom. The van der Waals surface area contributed by atoms with E-state index < -0.39 is 17.8 Å². The maximum atomic E-state index is 12.4. The Labute approximate surface area is 176 Å². The van der Waals surface area contributed by atoms with Crippen molar-refractivity contribution < 1.29 is 28.6 Å². The van der Waals surface area contributed by atoms with E-state index in [1.54, 1.807) is 30.4 Å². The number of rotatable bonds is 8. The van der Waals surface area contributed by atoms with Crippen molar-refractivity contribution in [3.8, 4) is 5.75 Å². The normalized spacial score (nSPS) is 10.6. The minimum atomic E-state index is -0.712. The molecule has 1 amide bonds. The lowest BCUT2D eigenvalue weighted by Crippen LogP contribution is -2.22. The van der Waals surface area contributed by atoms with Crippen LogP contribution in [-0.4, -0.2) is 47.1 Å². The zero-order valence-electron chi connectivity index (χ0n) is 16.8. The predicted molar refractivity (Wildman–Crippen MR) is 110 cm³/mol. The second-order valence-electron chi connectivity index (χ2n) is 6.12. The molecule has 30 heavy (non-hydrogen) atoms. The van der Waals surface area contributed by atoms with Gasteiger partial charge in [0.2, 0.25) is 0 Å². The highest BCUT2D eigenvalue weighted by Crippen LogP contribution is 2.30. The first-order valence-corrected chi connectivity index (χ1v) is 10.1. The van der Waals surface area contributed by atoms with Crippen LogP contribution < -0.4 is 10.1 Å². The summed E-state index contributed by atoms with van der Waals surface area (Å²) < 4.78 is 17.4. The monoisotopic (exact) mass is 431 g/mol. The summed E-state index contributed by atoms with van der Waals surface area (Å²) >= 11 is 1.03. The molecule has 0 atom stereocenters. The van der Waals surface area contributed by atoms with E-state index >= 15 is 0 Å². The van der Waals surface area contributed by atoms with Crippen LogP contribution in [0.2, 0.25) is 0 Å². The molecule has 0 bridgehead atoms. The average Bonchev–Trinajstić information content (AvgIpc) is 3.29. The number of ether oxygens (including phenoxy) is 3. The standard InChI is InChI=1S/C20H21N3O6S/c1-4-27-19(25)13-11-30-18(16(13)20(26)28-5-2)22-15(24)10-29-14-7-6-8-23-9-12(3)21-17(14)23/h6-9,11H,4-5,10H2,1-3H3,(H,22,24). The van der Waals surface area contributed by atoms with Gasteiger partial charge < -0.3 is 23.9 Å². The molecule has 0 aliphatic heterocycles. The lowest BCUT2D eigenvalue weighted by Gasteiger charge is -2.09. The first kappa shape index (κ1) is 21.3. The number of hydrogen-bond donors (Lipinski definition) is 1. The number of carbonyl (C=O) groups is 3. The van der Waals surface area contributed by atoms with Gasteiger partial charge in [-0.05, 0) is 32.9 Å². The fourth-order valence-corrected chi connectivity index (χ4v) is 3.68. The number of thiophene rings is 1. The third-order valence-corrected chi connectivity index (χ3v) is 4.84. The molecule has 9 nitrogen and oxygen atoms in total. The summed E-state index contributed by atoms with van der Waals surface area (Å²) in [6.45, 7) is 5.15. The third kappa shape index (κ3) is 4.60. The number of fused-ring (bicyclic) bond motifs is 1. The minimum Gasteiger partial charge on any atom is -0.480 e. The van der Waals surface area contributed by atoms with Gasteiger partial charge in [0, 0.05) is 17.8 Å². The summed E-state index contributed by atoms with van der Waals surface area (Å²) in [7, 11) is 0. The van der Waals surface area contributed by atoms with E-state index in [0.29, 0.717) is 11.4 Å². The van der Waals surface area contributed by atoms with Gasteiger partial charge in [0.05, 0.1) is 24.5 Å². The molecule has 158 valence electrons. The largest absolute Gasteiger partial charge is 0.480 e. The van der Waals surface area contributed by atoms with Crippen molar-refractivity contribution in [2.75, 3.05) is 25.1 Å². The molecule has 0 aromatic carbocycles. The van der Waals surface area contributed by atoms with Gasteiger partial charge >= 0.3 is 11.9 Å². The molecule has 0 saturated heterocycles. The maximum absolute atomic E-state index is 12.4. The van der Waals surface area contributed by atoms with Gasteiger partial charge in [-0.2, -0.15) is 0 Å². The number of nitrogens with zero attached hydrogens (tertiary/aromatic N) is 2. The molecule has 0 spiro atoms. The minimum absolute atomic E-state index is 0.0281. The Morgan fingerprint density at radius 1 is 1.17 bits per heavy atom. The molecule has 0 aliphatic carbocycles. The van der Waals surface area contributed by atoms with Crippen LogP contribution in [0.1, 0.15) is 40.3 Å². The Bertz CT molecular complexity index is 1090. The van der Waals surface area contributed by atoms with Gasteiger partial charge in [-0.3, -0.25) is 4.79 Å². The van der Waals surface area contributed by atoms with Crippen molar-refractivity contribution in [2.24, 2.45) is 0 Å². The number of carbonyl (C=O) groups excluding carboxylic acids is 3. The van der Waals surface area contributed by atoms with Crippen LogP contribution in [0.3, 0.4) is 0 Å². The second kappa shape index (κ2) is 9.40. The number of imidazole rings is 1. The number of nitrogens with one attached hydrogen (secondary N) is 1. The van der Waals surface area contributed by atoms with Crippen LogP contribution in [0, 0.1) is 6.92 Å². The van der Waals surface area contributed by atoms with Crippen LogP contribution >= 0.6 is 11.3 Å². The summed E-state index contributed by atoms with van der Waals surface area (Å²) in [5.41, 5.74) is 1.43. The molecule has 10 heteroatoms. The fourth-order valence-electron chi connectivity index (χ4n) is 2.74. The van der Waals surface area contributed by atoms with E-state index in [1.807, 2.05) is 19.3 Å². The summed E-state index contributed by atoms with van der Waals surface area (Å²) in [6, 6.07) is 3.49. The molecule has 0 unspecified atom stereocenters. The predicted octanol–water partition coefficient (Wildman–Crippen LogP) is 3.08. The first-order valence-electron chi connectivity index (χ1n) is 9.27. The van der Waals surface area contributed by atoms with Gasteiger partial charge in [0.25, 0.3) is 5.91 Å². The maximum Gasteiger partial charge on any atom is 0.342 e. The van der Waals surface area contributed by atoms with Crippen LogP contribution in [0.25, 0.3) is 5.65 Å². The molecule has 1 N–H and O–H groups in total. The summed E-state index contributed by atoms with van der Waals surface area (Å²) in [5, 5.41) is 4.26. The van der Waals surface area contributed by atoms with Gasteiger partial charge in [-0.25, -0.2) is 14.6 Å². The number of amides is 1. The van der Waals surface area contributed by atoms with Crippen LogP contribution in [0.4, 0.5) is 5.00 Å². The second-order valence-corrected chi connectivity index (χ2v) is 7.00. The Morgan fingerprint density at radius 2 is 1.90 bits per heavy atom. The van der Waals surface area contributed by atoms with Crippen molar-refractivity contribution in [1.29, 1.82) is 0 Å². The number of esters is 2. The quantitative estimate of drug-likeness (QED) is 0.546. The van der Waals surface area contributed by atoms with Crippen LogP contribution in [0.15, 0.2) is 29.9 Å². The molecule has 0 saturated carbocycles. The molecule has 3 rings (SSSR count). The number of anilines is 1. The number of hydrogen-bond acceptors (Lipinski definition) is 8. The van der Waals surface area contributed by atoms with Gasteiger partial charge in [-0.1, -0.05) is 0 Å². The van der Waals surface area contributed by atoms with Crippen LogP contribution in [0.5, 0.6) is 5.75 Å². The van der Waals surface area contributed by atoms with Gasteiger partial charge in [0.15, 0.2) is 18.0 Å². The highest BCUT2D eigenvalue weighted by molar-refractivity contribution is 7.15. The topological polar surface area (TPSA) is 108 Å². The lowest BCUT2D eigenvalue weighted by molar-refractivity contribution is -0.118. The summed E-state index contributed by atoms with van der Waals surface area (Å²) in [5.74, 6) is -1.42. The van der Waals surface area contributed by atoms with E-state index in [2.05, 4.69) is 10.3 Å². The molecule has 0 fully saturated rings. The molecule has 0 radical (unpaired) electrons. The van der Waals surface area contributed by atoms with E-state index in [1.165, 1.54) is 5.38 Å². The Kier molecular flexibility index (Phi) is 6.68. The van der Waals surface area contributed by atoms with Gasteiger partial charge in [-0.15, -0.1) is 11.3 Å². The smallest absolute Gasteiger partial charge is 0.342 e. The Balaban J connectivity index is 1.75. The number of aryl methyl sites for hydroxylation is 1. The molecule has 3 aromatic heterocycles. The molecule has 3 heterocycles. The molecule has 3 aromatic rings. The Hall–Kier alpha value is -3.40. The highest BCUT2D eigenvalue weighted by atomic mass is 32.1. The SMILES string of the molecule is CCOC(=O)c1csc(NC(=O)COc2cccn3cc(C)nc23)c1C(=O)OCC. The zero-order valence-corrected chi connectivity index (χ0v) is 17.6. The van der Waals surface area contributed by atoms with E-state index in [9.17, 15) is 14.4 Å². The van der Waals surface area contributed by atoms with Gasteiger partial charge in [0.1, 0.15) is 10.6 Å². The van der Waals surface area contributed by atoms with E-state index in [0.717, 1.165) is 17.0 Å². The van der Waals surface area contributed by atoms with E-state index in [-0.39, 0.29) is 35.9 Å². The van der Waals surface area contributed by atoms with E-state index in [4.69, 9.17) is 14.2 Å². The van der Waals surface area contributed by atoms with Crippen molar-refractivity contribution in [3.63, 3.8) is 0 Å². The lowest BCUT2D eigenvalue weighted by atomic mass is 10.2. The summed E-state index contributed by atoms with van der Waals surface area (Å²) in [6.07, 6.45) is 3.67. The fraction of sp³-hybridized carbons (Fsp3) is 0.300. The van der Waals surface area contributed by atoms with Crippen LogP contribution in [-0.2, 0) is 14.3 Å². The van der Waals surface area contributed by atoms with Crippen molar-refractivity contribution >= 4 is 39.8 Å². The van der Waals surface area contributed by atoms with Crippen molar-refractivity contribution in [2.45, 2.75) is 20.8 Å². The van der Waals surface area contributed by atoms with Crippen molar-refractivity contribution in [1.82, 2.24) is 9.38 Å². The average molecular weight is 431 g/mol. The number of pyridine rings is 1. The zero-order chi connectivity index (χ0) is 21.7. The highest BCUT2D eigenvalue weighted by Gasteiger charge is 2.26. The first-order chi connectivity index (χ1) is 14.4.